The van der Waals surface area contributed by atoms with Crippen LogP contribution in [-0.4, -0.2) is 42.4 Å². The van der Waals surface area contributed by atoms with Gasteiger partial charge in [0.05, 0.1) is 19.3 Å². The van der Waals surface area contributed by atoms with Crippen LogP contribution in [0, 0.1) is 0 Å². The molecule has 0 spiro atoms. The molecular formula is C23H21N7O3. The monoisotopic (exact) mass is 443 g/mol. The van der Waals surface area contributed by atoms with Crippen LogP contribution in [0.3, 0.4) is 0 Å². The Labute approximate surface area is 187 Å². The van der Waals surface area contributed by atoms with Crippen LogP contribution in [0.25, 0.3) is 27.6 Å². The van der Waals surface area contributed by atoms with E-state index in [4.69, 9.17) is 4.74 Å². The molecule has 166 valence electrons. The lowest BCUT2D eigenvalue weighted by atomic mass is 9.91. The van der Waals surface area contributed by atoms with E-state index in [0.29, 0.717) is 11.2 Å². The second-order valence-corrected chi connectivity index (χ2v) is 8.22. The number of pyridine rings is 1. The van der Waals surface area contributed by atoms with Gasteiger partial charge < -0.3 is 19.6 Å². The van der Waals surface area contributed by atoms with E-state index in [2.05, 4.69) is 25.6 Å². The molecule has 0 fully saturated rings. The van der Waals surface area contributed by atoms with Crippen LogP contribution in [0.5, 0.6) is 5.75 Å². The zero-order chi connectivity index (χ0) is 22.5. The van der Waals surface area contributed by atoms with E-state index in [1.165, 1.54) is 10.1 Å². The summed E-state index contributed by atoms with van der Waals surface area (Å²) in [5.41, 5.74) is 4.16. The first kappa shape index (κ1) is 19.5. The Morgan fingerprint density at radius 3 is 3.06 bits per heavy atom. The molecule has 1 aromatic carbocycles. The summed E-state index contributed by atoms with van der Waals surface area (Å²) in [5.74, 6) is 0.570. The van der Waals surface area contributed by atoms with Crippen LogP contribution in [0.4, 0.5) is 0 Å². The fourth-order valence-electron chi connectivity index (χ4n) is 4.71. The summed E-state index contributed by atoms with van der Waals surface area (Å²) in [6.45, 7) is -0.104. The molecule has 0 unspecified atom stereocenters. The molecule has 33 heavy (non-hydrogen) atoms. The standard InChI is InChI=1S/C23H21N7O3/c1-33-13-5-6-16-15(11-13)14-3-2-4-17(21(14)26-16)25-20(31)12-29-10-8-18-22(23(29)32)28-27-19-7-9-24-30(18)19/h5-11,17,26H,2-4,12H2,1H3,(H,25,31)/t17-/m1/s1. The van der Waals surface area contributed by atoms with Crippen molar-refractivity contribution in [1.82, 2.24) is 34.7 Å². The second-order valence-electron chi connectivity index (χ2n) is 8.22. The Bertz CT molecular complexity index is 1600. The van der Waals surface area contributed by atoms with Gasteiger partial charge in [-0.25, -0.2) is 4.52 Å². The minimum atomic E-state index is -0.380. The first-order valence-corrected chi connectivity index (χ1v) is 10.8. The van der Waals surface area contributed by atoms with Gasteiger partial charge in [-0.2, -0.15) is 5.10 Å². The molecule has 2 N–H and O–H groups in total. The molecule has 4 aromatic heterocycles. The molecule has 0 radical (unpaired) electrons. The van der Waals surface area contributed by atoms with Gasteiger partial charge in [0, 0.05) is 28.9 Å². The molecule has 5 aromatic rings. The SMILES string of the molecule is COc1ccc2[nH]c3c(c2c1)CCC[C@H]3NC(=O)Cn1ccc2c(nnc3ccnn32)c1=O. The maximum atomic E-state index is 12.9. The van der Waals surface area contributed by atoms with Crippen LogP contribution >= 0.6 is 0 Å². The molecular weight excluding hydrogens is 422 g/mol. The smallest absolute Gasteiger partial charge is 0.281 e. The first-order valence-electron chi connectivity index (χ1n) is 10.8. The van der Waals surface area contributed by atoms with E-state index < -0.39 is 0 Å². The van der Waals surface area contributed by atoms with Crippen molar-refractivity contribution < 1.29 is 9.53 Å². The molecule has 0 saturated carbocycles. The molecule has 10 nitrogen and oxygen atoms in total. The summed E-state index contributed by atoms with van der Waals surface area (Å²) in [4.78, 5) is 29.3. The van der Waals surface area contributed by atoms with Crippen molar-refractivity contribution in [3.63, 3.8) is 0 Å². The highest BCUT2D eigenvalue weighted by molar-refractivity contribution is 5.87. The molecule has 1 amide bonds. The number of fused-ring (bicyclic) bond motifs is 6. The van der Waals surface area contributed by atoms with E-state index in [9.17, 15) is 9.59 Å². The predicted molar refractivity (Wildman–Crippen MR) is 121 cm³/mol. The highest BCUT2D eigenvalue weighted by atomic mass is 16.5. The molecule has 0 bridgehead atoms. The van der Waals surface area contributed by atoms with Crippen LogP contribution in [0.15, 0.2) is 47.5 Å². The zero-order valence-corrected chi connectivity index (χ0v) is 17.9. The number of methoxy groups -OCH3 is 1. The third kappa shape index (κ3) is 3.13. The van der Waals surface area contributed by atoms with Gasteiger partial charge in [-0.3, -0.25) is 9.59 Å². The summed E-state index contributed by atoms with van der Waals surface area (Å²) < 4.78 is 8.28. The lowest BCUT2D eigenvalue weighted by Crippen LogP contribution is -2.36. The third-order valence-corrected chi connectivity index (χ3v) is 6.29. The molecule has 6 rings (SSSR count). The van der Waals surface area contributed by atoms with Crippen LogP contribution in [-0.2, 0) is 17.8 Å². The number of hydrogen-bond acceptors (Lipinski definition) is 6. The van der Waals surface area contributed by atoms with Gasteiger partial charge in [-0.05, 0) is 49.1 Å². The lowest BCUT2D eigenvalue weighted by Gasteiger charge is -2.24. The van der Waals surface area contributed by atoms with Gasteiger partial charge in [0.1, 0.15) is 17.8 Å². The highest BCUT2D eigenvalue weighted by Gasteiger charge is 2.26. The minimum Gasteiger partial charge on any atom is -0.497 e. The number of hydrogen-bond donors (Lipinski definition) is 2. The Morgan fingerprint density at radius 2 is 2.18 bits per heavy atom. The highest BCUT2D eigenvalue weighted by Crippen LogP contribution is 2.36. The lowest BCUT2D eigenvalue weighted by molar-refractivity contribution is -0.122. The first-order chi connectivity index (χ1) is 16.1. The number of H-pyrrole nitrogens is 1. The maximum absolute atomic E-state index is 12.9. The van der Waals surface area contributed by atoms with E-state index in [0.717, 1.165) is 41.6 Å². The normalized spacial score (nSPS) is 15.7. The van der Waals surface area contributed by atoms with Crippen molar-refractivity contribution in [1.29, 1.82) is 0 Å². The summed E-state index contributed by atoms with van der Waals surface area (Å²) in [5, 5.41) is 16.5. The maximum Gasteiger partial charge on any atom is 0.281 e. The number of carbonyl (C=O) groups excluding carboxylic acids is 1. The quantitative estimate of drug-likeness (QED) is 0.439. The van der Waals surface area contributed by atoms with Gasteiger partial charge in [0.2, 0.25) is 5.91 Å². The molecule has 4 heterocycles. The Morgan fingerprint density at radius 1 is 1.27 bits per heavy atom. The van der Waals surface area contributed by atoms with Crippen molar-refractivity contribution >= 4 is 33.5 Å². The summed E-state index contributed by atoms with van der Waals surface area (Å²) in [6.07, 6.45) is 5.93. The number of aromatic nitrogens is 6. The Hall–Kier alpha value is -4.21. The molecule has 0 saturated heterocycles. The van der Waals surface area contributed by atoms with Crippen molar-refractivity contribution in [2.45, 2.75) is 31.8 Å². The van der Waals surface area contributed by atoms with E-state index in [-0.39, 0.29) is 29.6 Å². The van der Waals surface area contributed by atoms with Crippen LogP contribution in [0.2, 0.25) is 0 Å². The average molecular weight is 443 g/mol. The fraction of sp³-hybridized carbons (Fsp3) is 0.261. The van der Waals surface area contributed by atoms with Gasteiger partial charge in [-0.15, -0.1) is 10.2 Å². The number of benzene rings is 1. The van der Waals surface area contributed by atoms with Crippen molar-refractivity contribution in [2.24, 2.45) is 0 Å². The summed E-state index contributed by atoms with van der Waals surface area (Å²) in [7, 11) is 1.65. The number of carbonyl (C=O) groups is 1. The van der Waals surface area contributed by atoms with Gasteiger partial charge in [0.25, 0.3) is 5.56 Å². The molecule has 0 aliphatic heterocycles. The number of ether oxygens (including phenoxy) is 1. The number of aryl methyl sites for hydroxylation is 1. The number of nitrogens with one attached hydrogen (secondary N) is 2. The van der Waals surface area contributed by atoms with Crippen molar-refractivity contribution in [2.75, 3.05) is 7.11 Å². The number of aromatic amines is 1. The number of nitrogens with zero attached hydrogens (tertiary/aromatic N) is 5. The predicted octanol–water partition coefficient (Wildman–Crippen LogP) is 2.12. The molecule has 1 atom stereocenters. The summed E-state index contributed by atoms with van der Waals surface area (Å²) >= 11 is 0. The zero-order valence-electron chi connectivity index (χ0n) is 17.9. The number of rotatable bonds is 4. The Kier molecular flexibility index (Phi) is 4.39. The fourth-order valence-corrected chi connectivity index (χ4v) is 4.71. The molecule has 1 aliphatic rings. The topological polar surface area (TPSA) is 119 Å². The minimum absolute atomic E-state index is 0.104. The van der Waals surface area contributed by atoms with Gasteiger partial charge >= 0.3 is 0 Å². The summed E-state index contributed by atoms with van der Waals surface area (Å²) in [6, 6.07) is 9.24. The third-order valence-electron chi connectivity index (χ3n) is 6.29. The second kappa shape index (κ2) is 7.44. The molecule has 1 aliphatic carbocycles. The van der Waals surface area contributed by atoms with E-state index >= 15 is 0 Å². The van der Waals surface area contributed by atoms with Gasteiger partial charge in [0.15, 0.2) is 11.2 Å². The largest absolute Gasteiger partial charge is 0.497 e. The van der Waals surface area contributed by atoms with Crippen LogP contribution in [0.1, 0.15) is 30.1 Å². The van der Waals surface area contributed by atoms with Crippen molar-refractivity contribution in [3.05, 3.63) is 64.3 Å². The number of amides is 1. The molecule has 10 heteroatoms. The van der Waals surface area contributed by atoms with Gasteiger partial charge in [-0.1, -0.05) is 0 Å². The van der Waals surface area contributed by atoms with Crippen molar-refractivity contribution in [3.8, 4) is 5.75 Å². The van der Waals surface area contributed by atoms with Crippen LogP contribution < -0.4 is 15.6 Å². The Balaban J connectivity index is 1.28. The average Bonchev–Trinajstić information content (AvgIpc) is 3.45. The van der Waals surface area contributed by atoms with E-state index in [1.54, 1.807) is 36.2 Å². The van der Waals surface area contributed by atoms with E-state index in [1.807, 2.05) is 18.2 Å².